The van der Waals surface area contributed by atoms with Crippen LogP contribution < -0.4 is 10.6 Å². The average Bonchev–Trinajstić information content (AvgIpc) is 2.56. The molecule has 0 saturated carbocycles. The number of nitrogens with one attached hydrogen (secondary N) is 2. The van der Waals surface area contributed by atoms with Gasteiger partial charge < -0.3 is 10.6 Å². The Labute approximate surface area is 142 Å². The lowest BCUT2D eigenvalue weighted by molar-refractivity contribution is -0.117. The molecule has 0 fully saturated rings. The van der Waals surface area contributed by atoms with Gasteiger partial charge in [-0.2, -0.15) is 0 Å². The Morgan fingerprint density at radius 3 is 2.54 bits per heavy atom. The number of amides is 2. The van der Waals surface area contributed by atoms with Crippen molar-refractivity contribution >= 4 is 17.5 Å². The van der Waals surface area contributed by atoms with Crippen LogP contribution in [-0.4, -0.2) is 37.4 Å². The molecule has 2 rings (SSSR count). The highest BCUT2D eigenvalue weighted by molar-refractivity contribution is 5.97. The zero-order chi connectivity index (χ0) is 17.5. The van der Waals surface area contributed by atoms with Crippen molar-refractivity contribution in [2.24, 2.45) is 0 Å². The number of anilines is 1. The summed E-state index contributed by atoms with van der Waals surface area (Å²) in [4.78, 5) is 25.8. The van der Waals surface area contributed by atoms with E-state index in [1.54, 1.807) is 31.3 Å². The van der Waals surface area contributed by atoms with Crippen molar-refractivity contribution in [3.63, 3.8) is 0 Å². The van der Waals surface area contributed by atoms with Crippen LogP contribution in [0.3, 0.4) is 0 Å². The molecule has 0 atom stereocenters. The second kappa shape index (κ2) is 8.26. The molecule has 24 heavy (non-hydrogen) atoms. The molecule has 0 aliphatic rings. The highest BCUT2D eigenvalue weighted by Gasteiger charge is 2.10. The van der Waals surface area contributed by atoms with Crippen LogP contribution in [0.5, 0.6) is 0 Å². The first-order valence-corrected chi connectivity index (χ1v) is 7.84. The maximum absolute atomic E-state index is 12.2. The maximum atomic E-state index is 12.2. The van der Waals surface area contributed by atoms with E-state index in [4.69, 9.17) is 0 Å². The predicted octanol–water partition coefficient (Wildman–Crippen LogP) is 2.43. The van der Waals surface area contributed by atoms with Crippen molar-refractivity contribution < 1.29 is 9.59 Å². The van der Waals surface area contributed by atoms with Gasteiger partial charge in [0.25, 0.3) is 5.91 Å². The van der Waals surface area contributed by atoms with Gasteiger partial charge in [-0.3, -0.25) is 14.5 Å². The van der Waals surface area contributed by atoms with E-state index in [-0.39, 0.29) is 18.4 Å². The quantitative estimate of drug-likeness (QED) is 0.857. The van der Waals surface area contributed by atoms with Gasteiger partial charge in [0.15, 0.2) is 0 Å². The predicted molar refractivity (Wildman–Crippen MR) is 96.0 cm³/mol. The highest BCUT2D eigenvalue weighted by atomic mass is 16.2. The zero-order valence-electron chi connectivity index (χ0n) is 14.3. The molecule has 0 aromatic heterocycles. The fourth-order valence-electron chi connectivity index (χ4n) is 2.46. The highest BCUT2D eigenvalue weighted by Crippen LogP contribution is 2.12. The van der Waals surface area contributed by atoms with Gasteiger partial charge in [-0.05, 0) is 43.3 Å². The number of hydrogen-bond acceptors (Lipinski definition) is 3. The van der Waals surface area contributed by atoms with Crippen LogP contribution in [0.15, 0.2) is 48.5 Å². The standard InChI is InChI=1S/C19H23N3O2/c1-14-7-4-5-8-16(14)12-22(3)13-18(23)21-17-10-6-9-15(11-17)19(24)20-2/h4-11H,12-13H2,1-3H3,(H,20,24)(H,21,23). The normalized spacial score (nSPS) is 10.5. The van der Waals surface area contributed by atoms with Crippen molar-refractivity contribution in [1.29, 1.82) is 0 Å². The van der Waals surface area contributed by atoms with Crippen LogP contribution in [0.25, 0.3) is 0 Å². The van der Waals surface area contributed by atoms with E-state index in [1.165, 1.54) is 11.1 Å². The summed E-state index contributed by atoms with van der Waals surface area (Å²) in [6.07, 6.45) is 0. The molecule has 0 spiro atoms. The first-order valence-electron chi connectivity index (χ1n) is 7.84. The molecule has 0 heterocycles. The fraction of sp³-hybridized carbons (Fsp3) is 0.263. The smallest absolute Gasteiger partial charge is 0.251 e. The first-order chi connectivity index (χ1) is 11.5. The van der Waals surface area contributed by atoms with E-state index < -0.39 is 0 Å². The van der Waals surface area contributed by atoms with Crippen molar-refractivity contribution in [2.45, 2.75) is 13.5 Å². The number of nitrogens with zero attached hydrogens (tertiary/aromatic N) is 1. The molecule has 2 N–H and O–H groups in total. The minimum Gasteiger partial charge on any atom is -0.355 e. The van der Waals surface area contributed by atoms with Crippen LogP contribution >= 0.6 is 0 Å². The molecule has 5 heteroatoms. The van der Waals surface area contributed by atoms with E-state index in [2.05, 4.69) is 29.7 Å². The summed E-state index contributed by atoms with van der Waals surface area (Å²) < 4.78 is 0. The lowest BCUT2D eigenvalue weighted by atomic mass is 10.1. The lowest BCUT2D eigenvalue weighted by Crippen LogP contribution is -2.30. The lowest BCUT2D eigenvalue weighted by Gasteiger charge is -2.17. The Morgan fingerprint density at radius 1 is 1.08 bits per heavy atom. The monoisotopic (exact) mass is 325 g/mol. The largest absolute Gasteiger partial charge is 0.355 e. The van der Waals surface area contributed by atoms with E-state index in [0.29, 0.717) is 17.8 Å². The van der Waals surface area contributed by atoms with Crippen LogP contribution in [0.2, 0.25) is 0 Å². The minimum atomic E-state index is -0.178. The van der Waals surface area contributed by atoms with E-state index >= 15 is 0 Å². The second-order valence-electron chi connectivity index (χ2n) is 5.81. The summed E-state index contributed by atoms with van der Waals surface area (Å²) in [6.45, 7) is 3.05. The van der Waals surface area contributed by atoms with Gasteiger partial charge in [0.1, 0.15) is 0 Å². The summed E-state index contributed by atoms with van der Waals surface area (Å²) in [7, 11) is 3.49. The van der Waals surface area contributed by atoms with Crippen molar-refractivity contribution in [3.8, 4) is 0 Å². The number of hydrogen-bond donors (Lipinski definition) is 2. The summed E-state index contributed by atoms with van der Waals surface area (Å²) in [5.74, 6) is -0.289. The molecule has 2 aromatic carbocycles. The minimum absolute atomic E-state index is 0.111. The number of benzene rings is 2. The molecular weight excluding hydrogens is 302 g/mol. The third kappa shape index (κ3) is 4.93. The molecule has 0 bridgehead atoms. The molecular formula is C19H23N3O2. The number of carbonyl (C=O) groups excluding carboxylic acids is 2. The molecule has 0 saturated heterocycles. The van der Waals surface area contributed by atoms with Crippen LogP contribution in [0.1, 0.15) is 21.5 Å². The number of carbonyl (C=O) groups is 2. The molecule has 0 aliphatic carbocycles. The molecule has 2 aromatic rings. The Morgan fingerprint density at radius 2 is 1.83 bits per heavy atom. The molecule has 5 nitrogen and oxygen atoms in total. The Kier molecular flexibility index (Phi) is 6.09. The summed E-state index contributed by atoms with van der Waals surface area (Å²) in [6, 6.07) is 15.0. The van der Waals surface area contributed by atoms with Gasteiger partial charge in [-0.15, -0.1) is 0 Å². The molecule has 0 radical (unpaired) electrons. The summed E-state index contributed by atoms with van der Waals surface area (Å²) in [5, 5.41) is 5.40. The fourth-order valence-corrected chi connectivity index (χ4v) is 2.46. The Bertz CT molecular complexity index is 728. The van der Waals surface area contributed by atoms with E-state index in [1.807, 2.05) is 24.1 Å². The third-order valence-corrected chi connectivity index (χ3v) is 3.75. The molecule has 0 aliphatic heterocycles. The van der Waals surface area contributed by atoms with Gasteiger partial charge in [0.2, 0.25) is 5.91 Å². The average molecular weight is 325 g/mol. The maximum Gasteiger partial charge on any atom is 0.251 e. The zero-order valence-corrected chi connectivity index (χ0v) is 14.3. The molecule has 126 valence electrons. The number of aryl methyl sites for hydroxylation is 1. The molecule has 0 unspecified atom stereocenters. The molecule has 2 amide bonds. The first kappa shape index (κ1) is 17.7. The van der Waals surface area contributed by atoms with Gasteiger partial charge >= 0.3 is 0 Å². The van der Waals surface area contributed by atoms with Gasteiger partial charge in [0, 0.05) is 24.8 Å². The van der Waals surface area contributed by atoms with Crippen molar-refractivity contribution in [2.75, 3.05) is 26.0 Å². The van der Waals surface area contributed by atoms with Crippen LogP contribution in [-0.2, 0) is 11.3 Å². The number of likely N-dealkylation sites (N-methyl/N-ethyl adjacent to an activating group) is 1. The summed E-state index contributed by atoms with van der Waals surface area (Å²) in [5.41, 5.74) is 3.55. The topological polar surface area (TPSA) is 61.4 Å². The van der Waals surface area contributed by atoms with Gasteiger partial charge in [-0.1, -0.05) is 30.3 Å². The number of rotatable bonds is 6. The Hall–Kier alpha value is -2.66. The second-order valence-corrected chi connectivity index (χ2v) is 5.81. The SMILES string of the molecule is CNC(=O)c1cccc(NC(=O)CN(C)Cc2ccccc2C)c1. The van der Waals surface area contributed by atoms with Crippen LogP contribution in [0.4, 0.5) is 5.69 Å². The van der Waals surface area contributed by atoms with Gasteiger partial charge in [0.05, 0.1) is 6.54 Å². The van der Waals surface area contributed by atoms with Crippen LogP contribution in [0, 0.1) is 6.92 Å². The van der Waals surface area contributed by atoms with Gasteiger partial charge in [-0.25, -0.2) is 0 Å². The van der Waals surface area contributed by atoms with Crippen molar-refractivity contribution in [3.05, 3.63) is 65.2 Å². The van der Waals surface area contributed by atoms with Crippen molar-refractivity contribution in [1.82, 2.24) is 10.2 Å². The third-order valence-electron chi connectivity index (χ3n) is 3.75. The summed E-state index contributed by atoms with van der Waals surface area (Å²) >= 11 is 0. The van der Waals surface area contributed by atoms with E-state index in [0.717, 1.165) is 0 Å². The van der Waals surface area contributed by atoms with E-state index in [9.17, 15) is 9.59 Å². The Balaban J connectivity index is 1.93.